The third-order valence-electron chi connectivity index (χ3n) is 13.1. The molecular weight excluding hydrogens is 769 g/mol. The van der Waals surface area contributed by atoms with Gasteiger partial charge in [-0.05, 0) is 82.2 Å². The molecule has 0 unspecified atom stereocenters. The lowest BCUT2D eigenvalue weighted by atomic mass is 9.96. The Morgan fingerprint density at radius 2 is 1.06 bits per heavy atom. The highest BCUT2D eigenvalue weighted by Crippen LogP contribution is 2.45. The highest BCUT2D eigenvalue weighted by molar-refractivity contribution is 6.22. The number of para-hydroxylation sites is 3. The maximum atomic E-state index is 6.52. The van der Waals surface area contributed by atoms with Crippen LogP contribution < -0.4 is 0 Å². The summed E-state index contributed by atoms with van der Waals surface area (Å²) in [5.41, 5.74) is 12.3. The average molecular weight is 803 g/mol. The van der Waals surface area contributed by atoms with Crippen LogP contribution in [0.1, 0.15) is 0 Å². The van der Waals surface area contributed by atoms with Gasteiger partial charge in [0.2, 0.25) is 5.71 Å². The number of furan rings is 1. The van der Waals surface area contributed by atoms with Crippen LogP contribution in [0.4, 0.5) is 0 Å². The Labute approximate surface area is 360 Å². The van der Waals surface area contributed by atoms with Gasteiger partial charge in [-0.1, -0.05) is 146 Å². The van der Waals surface area contributed by atoms with Gasteiger partial charge in [-0.15, -0.1) is 0 Å². The number of hydrogen-bond donors (Lipinski definition) is 0. The van der Waals surface area contributed by atoms with Crippen molar-refractivity contribution in [3.8, 4) is 33.9 Å². The minimum Gasteiger partial charge on any atom is -0.436 e. The van der Waals surface area contributed by atoms with Gasteiger partial charge in [0.05, 0.1) is 33.4 Å². The van der Waals surface area contributed by atoms with E-state index in [1.807, 2.05) is 18.2 Å². The van der Waals surface area contributed by atoms with Crippen LogP contribution in [0.3, 0.4) is 0 Å². The molecule has 63 heavy (non-hydrogen) atoms. The van der Waals surface area contributed by atoms with Gasteiger partial charge in [0.15, 0.2) is 0 Å². The first kappa shape index (κ1) is 34.2. The first-order valence-electron chi connectivity index (χ1n) is 21.4. The molecule has 0 N–H and O–H groups in total. The highest BCUT2D eigenvalue weighted by Gasteiger charge is 2.25. The summed E-state index contributed by atoms with van der Waals surface area (Å²) in [5, 5.41) is 12.7. The Morgan fingerprint density at radius 1 is 0.381 bits per heavy atom. The molecule has 14 rings (SSSR count). The molecule has 0 fully saturated rings. The number of rotatable bonds is 4. The number of fused-ring (bicyclic) bond motifs is 13. The number of aromatic nitrogens is 4. The molecular formula is C58H34N4O. The van der Waals surface area contributed by atoms with Crippen molar-refractivity contribution >= 4 is 98.1 Å². The average Bonchev–Trinajstić information content (AvgIpc) is 4.00. The molecule has 10 aromatic carbocycles. The van der Waals surface area contributed by atoms with Crippen LogP contribution in [0.15, 0.2) is 211 Å². The molecule has 4 heterocycles. The SMILES string of the molecule is c1ccc(-n2c3ccccc3c3c(-c4nc5oc6ccccc6c5nc4-c4cc(-n5c6cc7ccccc7cc6c6ccc7ccccc7c65)c5ccccc5c4)cccc32)cc1. The molecule has 0 radical (unpaired) electrons. The zero-order valence-electron chi connectivity index (χ0n) is 33.8. The first-order valence-corrected chi connectivity index (χ1v) is 21.4. The number of benzene rings is 10. The standard InChI is InChI=1S/C58H34N4O/c1-2-19-40(20-3-1)61-48-26-12-10-23-44(48)53-46(25-14-27-49(53)61)55-54(59-56-45-24-11-13-28-52(45)63-58(56)60-55)39-31-38-18-7-8-21-41(38)50(34-39)62-51-33-37-17-5-4-16-36(37)32-47(51)43-30-29-35-15-6-9-22-42(35)57(43)62/h1-34H. The molecule has 0 aliphatic heterocycles. The summed E-state index contributed by atoms with van der Waals surface area (Å²) in [6, 6.07) is 74.0. The Morgan fingerprint density at radius 3 is 1.92 bits per heavy atom. The molecule has 4 aromatic heterocycles. The van der Waals surface area contributed by atoms with E-state index in [9.17, 15) is 0 Å². The second kappa shape index (κ2) is 13.0. The van der Waals surface area contributed by atoms with E-state index in [2.05, 4.69) is 197 Å². The molecule has 0 spiro atoms. The summed E-state index contributed by atoms with van der Waals surface area (Å²) in [7, 11) is 0. The summed E-state index contributed by atoms with van der Waals surface area (Å²) >= 11 is 0. The van der Waals surface area contributed by atoms with Crippen molar-refractivity contribution in [2.45, 2.75) is 0 Å². The lowest BCUT2D eigenvalue weighted by molar-refractivity contribution is 0.653. The molecule has 14 aromatic rings. The van der Waals surface area contributed by atoms with Crippen molar-refractivity contribution in [1.82, 2.24) is 19.1 Å². The van der Waals surface area contributed by atoms with E-state index < -0.39 is 0 Å². The topological polar surface area (TPSA) is 48.8 Å². The van der Waals surface area contributed by atoms with Crippen LogP contribution in [0.25, 0.3) is 132 Å². The predicted molar refractivity (Wildman–Crippen MR) is 261 cm³/mol. The third kappa shape index (κ3) is 4.93. The van der Waals surface area contributed by atoms with Crippen molar-refractivity contribution < 1.29 is 4.42 Å². The molecule has 5 heteroatoms. The van der Waals surface area contributed by atoms with E-state index >= 15 is 0 Å². The maximum Gasteiger partial charge on any atom is 0.246 e. The van der Waals surface area contributed by atoms with Gasteiger partial charge in [0, 0.05) is 54.5 Å². The second-order valence-corrected chi connectivity index (χ2v) is 16.5. The van der Waals surface area contributed by atoms with Gasteiger partial charge < -0.3 is 13.6 Å². The van der Waals surface area contributed by atoms with E-state index in [-0.39, 0.29) is 0 Å². The quantitative estimate of drug-likeness (QED) is 0.178. The minimum atomic E-state index is 0.514. The monoisotopic (exact) mass is 802 g/mol. The third-order valence-corrected chi connectivity index (χ3v) is 13.1. The van der Waals surface area contributed by atoms with Gasteiger partial charge in [-0.25, -0.2) is 9.97 Å². The summed E-state index contributed by atoms with van der Waals surface area (Å²) in [4.78, 5) is 11.1. The number of nitrogens with zero attached hydrogens (tertiary/aromatic N) is 4. The maximum absolute atomic E-state index is 6.52. The zero-order chi connectivity index (χ0) is 41.2. The van der Waals surface area contributed by atoms with Crippen LogP contribution in [0.2, 0.25) is 0 Å². The Kier molecular flexibility index (Phi) is 7.05. The molecule has 0 aliphatic rings. The Hall–Kier alpha value is -8.54. The molecule has 0 amide bonds. The van der Waals surface area contributed by atoms with Gasteiger partial charge in [-0.3, -0.25) is 0 Å². The smallest absolute Gasteiger partial charge is 0.246 e. The van der Waals surface area contributed by atoms with Crippen molar-refractivity contribution in [1.29, 1.82) is 0 Å². The first-order chi connectivity index (χ1) is 31.2. The predicted octanol–water partition coefficient (Wildman–Crippen LogP) is 15.4. The molecule has 0 bridgehead atoms. The van der Waals surface area contributed by atoms with Crippen molar-refractivity contribution in [2.24, 2.45) is 0 Å². The van der Waals surface area contributed by atoms with Crippen molar-refractivity contribution in [3.63, 3.8) is 0 Å². The number of hydrogen-bond acceptors (Lipinski definition) is 3. The normalized spacial score (nSPS) is 12.1. The van der Waals surface area contributed by atoms with Crippen LogP contribution in [-0.2, 0) is 0 Å². The van der Waals surface area contributed by atoms with Crippen LogP contribution in [-0.4, -0.2) is 19.1 Å². The highest BCUT2D eigenvalue weighted by atomic mass is 16.3. The van der Waals surface area contributed by atoms with Crippen LogP contribution >= 0.6 is 0 Å². The lowest BCUT2D eigenvalue weighted by Gasteiger charge is -2.17. The molecule has 0 saturated heterocycles. The van der Waals surface area contributed by atoms with E-state index in [0.29, 0.717) is 5.71 Å². The largest absolute Gasteiger partial charge is 0.436 e. The van der Waals surface area contributed by atoms with Crippen LogP contribution in [0.5, 0.6) is 0 Å². The second-order valence-electron chi connectivity index (χ2n) is 16.5. The molecule has 0 aliphatic carbocycles. The molecule has 292 valence electrons. The molecule has 0 atom stereocenters. The fraction of sp³-hybridized carbons (Fsp3) is 0. The molecule has 5 nitrogen and oxygen atoms in total. The van der Waals surface area contributed by atoms with Gasteiger partial charge in [-0.2, -0.15) is 0 Å². The molecule has 0 saturated carbocycles. The van der Waals surface area contributed by atoms with Gasteiger partial charge >= 0.3 is 0 Å². The Bertz CT molecular complexity index is 4210. The summed E-state index contributed by atoms with van der Waals surface area (Å²) in [5.74, 6) is 0. The van der Waals surface area contributed by atoms with Gasteiger partial charge in [0.25, 0.3) is 0 Å². The zero-order valence-corrected chi connectivity index (χ0v) is 33.8. The lowest BCUT2D eigenvalue weighted by Crippen LogP contribution is -2.00. The van der Waals surface area contributed by atoms with E-state index in [4.69, 9.17) is 14.4 Å². The van der Waals surface area contributed by atoms with E-state index in [1.54, 1.807) is 0 Å². The van der Waals surface area contributed by atoms with E-state index in [1.165, 1.54) is 37.8 Å². The summed E-state index contributed by atoms with van der Waals surface area (Å²) < 4.78 is 11.4. The Balaban J connectivity index is 1.13. The van der Waals surface area contributed by atoms with Crippen molar-refractivity contribution in [2.75, 3.05) is 0 Å². The fourth-order valence-corrected chi connectivity index (χ4v) is 10.3. The van der Waals surface area contributed by atoms with Crippen molar-refractivity contribution in [3.05, 3.63) is 206 Å². The van der Waals surface area contributed by atoms with E-state index in [0.717, 1.165) is 88.5 Å². The van der Waals surface area contributed by atoms with Crippen LogP contribution in [0, 0.1) is 0 Å². The fourth-order valence-electron chi connectivity index (χ4n) is 10.3. The summed E-state index contributed by atoms with van der Waals surface area (Å²) in [6.07, 6.45) is 0. The minimum absolute atomic E-state index is 0.514. The summed E-state index contributed by atoms with van der Waals surface area (Å²) in [6.45, 7) is 0. The van der Waals surface area contributed by atoms with Gasteiger partial charge in [0.1, 0.15) is 16.8 Å².